The van der Waals surface area contributed by atoms with Crippen LogP contribution < -0.4 is 11.1 Å². The molecule has 1 aliphatic heterocycles. The van der Waals surface area contributed by atoms with Gasteiger partial charge >= 0.3 is 11.7 Å². The fourth-order valence-corrected chi connectivity index (χ4v) is 5.75. The Bertz CT molecular complexity index is 1350. The van der Waals surface area contributed by atoms with E-state index >= 15 is 0 Å². The van der Waals surface area contributed by atoms with E-state index in [9.17, 15) is 22.8 Å². The van der Waals surface area contributed by atoms with Crippen molar-refractivity contribution in [2.75, 3.05) is 25.0 Å². The number of fused-ring (bicyclic) bond motifs is 1. The Morgan fingerprint density at radius 2 is 2.03 bits per heavy atom. The molecule has 0 radical (unpaired) electrons. The van der Waals surface area contributed by atoms with Gasteiger partial charge in [0.05, 0.1) is 17.0 Å². The maximum atomic E-state index is 12.8. The Morgan fingerprint density at radius 3 is 2.76 bits per heavy atom. The number of thiazole rings is 1. The van der Waals surface area contributed by atoms with Crippen LogP contribution in [0.4, 0.5) is 5.13 Å². The van der Waals surface area contributed by atoms with Crippen molar-refractivity contribution >= 4 is 49.5 Å². The second-order valence-corrected chi connectivity index (χ2v) is 10.1. The highest BCUT2D eigenvalue weighted by atomic mass is 32.2. The monoisotopic (exact) mass is 494 g/mol. The smallest absolute Gasteiger partial charge is 0.419 e. The summed E-state index contributed by atoms with van der Waals surface area (Å²) in [5.41, 5.74) is 0.639. The number of aromatic nitrogens is 2. The fraction of sp³-hybridized carbons (Fsp3) is 0.400. The van der Waals surface area contributed by atoms with Gasteiger partial charge in [0, 0.05) is 37.5 Å². The first-order valence-electron chi connectivity index (χ1n) is 10.4. The zero-order valence-corrected chi connectivity index (χ0v) is 19.4. The molecule has 0 aliphatic carbocycles. The van der Waals surface area contributed by atoms with Gasteiger partial charge in [-0.25, -0.2) is 23.0 Å². The van der Waals surface area contributed by atoms with Crippen molar-refractivity contribution in [2.45, 2.75) is 37.6 Å². The van der Waals surface area contributed by atoms with E-state index in [-0.39, 0.29) is 40.9 Å². The van der Waals surface area contributed by atoms with Gasteiger partial charge in [0.25, 0.3) is 0 Å². The number of hydrogen-bond donors (Lipinski definition) is 1. The lowest BCUT2D eigenvalue weighted by atomic mass is 10.3. The number of anilines is 1. The van der Waals surface area contributed by atoms with Crippen LogP contribution in [0.3, 0.4) is 0 Å². The molecule has 11 nitrogen and oxygen atoms in total. The Kier molecular flexibility index (Phi) is 6.63. The summed E-state index contributed by atoms with van der Waals surface area (Å²) in [7, 11) is -3.64. The van der Waals surface area contributed by atoms with Crippen molar-refractivity contribution in [3.05, 3.63) is 39.8 Å². The normalized spacial score (nSPS) is 14.6. The highest BCUT2D eigenvalue weighted by Gasteiger charge is 2.28. The number of nitrogens with zero attached hydrogens (tertiary/aromatic N) is 3. The van der Waals surface area contributed by atoms with E-state index in [1.165, 1.54) is 32.5 Å². The summed E-state index contributed by atoms with van der Waals surface area (Å²) in [4.78, 5) is 40.4. The van der Waals surface area contributed by atoms with Crippen molar-refractivity contribution in [1.82, 2.24) is 13.9 Å². The Labute approximate surface area is 193 Å². The van der Waals surface area contributed by atoms with Crippen LogP contribution in [0.25, 0.3) is 11.1 Å². The Morgan fingerprint density at radius 1 is 1.27 bits per heavy atom. The summed E-state index contributed by atoms with van der Waals surface area (Å²) in [6.07, 6.45) is 1.58. The minimum atomic E-state index is -3.64. The van der Waals surface area contributed by atoms with Gasteiger partial charge in [-0.05, 0) is 31.9 Å². The lowest BCUT2D eigenvalue weighted by Crippen LogP contribution is -2.27. The third kappa shape index (κ3) is 4.84. The maximum Gasteiger partial charge on any atom is 0.419 e. The molecule has 0 unspecified atom stereocenters. The molecule has 1 N–H and O–H groups in total. The van der Waals surface area contributed by atoms with Gasteiger partial charge in [-0.3, -0.25) is 9.36 Å². The van der Waals surface area contributed by atoms with Gasteiger partial charge in [-0.15, -0.1) is 11.3 Å². The molecule has 33 heavy (non-hydrogen) atoms. The first-order chi connectivity index (χ1) is 15.8. The summed E-state index contributed by atoms with van der Waals surface area (Å²) in [5.74, 6) is -1.67. The molecule has 176 valence electrons. The van der Waals surface area contributed by atoms with Gasteiger partial charge in [-0.1, -0.05) is 0 Å². The number of carbonyl (C=O) groups excluding carboxylic acids is 2. The number of aryl methyl sites for hydroxylation is 1. The van der Waals surface area contributed by atoms with Gasteiger partial charge in [0.15, 0.2) is 16.4 Å². The number of carbonyl (C=O) groups is 2. The van der Waals surface area contributed by atoms with E-state index in [0.29, 0.717) is 18.6 Å². The number of sulfonamides is 1. The van der Waals surface area contributed by atoms with Crippen molar-refractivity contribution in [1.29, 1.82) is 0 Å². The standard InChI is InChI=1S/C20H22N4O7S2/c1-2-30-18(26)14-12-32-19(21-14)22-17(25)7-10-24-15-6-5-13(11-16(15)31-20(24)27)33(28,29)23-8-3-4-9-23/h5-6,11-12H,2-4,7-10H2,1H3,(H,21,22,25). The number of esters is 1. The van der Waals surface area contributed by atoms with E-state index < -0.39 is 27.7 Å². The average Bonchev–Trinajstić information content (AvgIpc) is 3.52. The SMILES string of the molecule is CCOC(=O)c1csc(NC(=O)CCn2c(=O)oc3cc(S(=O)(=O)N4CCCC4)ccc32)n1. The number of rotatable bonds is 8. The first kappa shape index (κ1) is 23.1. The quantitative estimate of drug-likeness (QED) is 0.469. The highest BCUT2D eigenvalue weighted by molar-refractivity contribution is 7.89. The van der Waals surface area contributed by atoms with Crippen LogP contribution in [-0.2, 0) is 26.1 Å². The number of hydrogen-bond acceptors (Lipinski definition) is 9. The second-order valence-electron chi connectivity index (χ2n) is 7.32. The van der Waals surface area contributed by atoms with Gasteiger partial charge < -0.3 is 14.5 Å². The molecule has 0 atom stereocenters. The number of oxazole rings is 1. The molecular formula is C20H22N4O7S2. The molecule has 3 aromatic rings. The number of benzene rings is 1. The van der Waals surface area contributed by atoms with Crippen molar-refractivity contribution in [3.8, 4) is 0 Å². The maximum absolute atomic E-state index is 12.8. The van der Waals surface area contributed by atoms with Crippen LogP contribution in [0.15, 0.2) is 37.7 Å². The summed E-state index contributed by atoms with van der Waals surface area (Å²) < 4.78 is 38.3. The van der Waals surface area contributed by atoms with E-state index in [0.717, 1.165) is 24.2 Å². The Hall–Kier alpha value is -3.03. The molecule has 0 saturated carbocycles. The third-order valence-electron chi connectivity index (χ3n) is 5.14. The predicted octanol–water partition coefficient (Wildman–Crippen LogP) is 2.04. The summed E-state index contributed by atoms with van der Waals surface area (Å²) in [6.45, 7) is 2.87. The third-order valence-corrected chi connectivity index (χ3v) is 7.79. The van der Waals surface area contributed by atoms with Crippen molar-refractivity contribution in [3.63, 3.8) is 0 Å². The highest BCUT2D eigenvalue weighted by Crippen LogP contribution is 2.24. The molecule has 1 amide bonds. The molecule has 0 bridgehead atoms. The van der Waals surface area contributed by atoms with Crippen LogP contribution >= 0.6 is 11.3 Å². The molecule has 3 heterocycles. The van der Waals surface area contributed by atoms with E-state index in [2.05, 4.69) is 10.3 Å². The topological polar surface area (TPSA) is 141 Å². The number of amides is 1. The lowest BCUT2D eigenvalue weighted by molar-refractivity contribution is -0.116. The molecular weight excluding hydrogens is 472 g/mol. The molecule has 1 aliphatic rings. The van der Waals surface area contributed by atoms with Crippen molar-refractivity contribution < 1.29 is 27.2 Å². The minimum absolute atomic E-state index is 0.0198. The van der Waals surface area contributed by atoms with Crippen LogP contribution in [0, 0.1) is 0 Å². The lowest BCUT2D eigenvalue weighted by Gasteiger charge is -2.15. The molecule has 13 heteroatoms. The van der Waals surface area contributed by atoms with E-state index in [4.69, 9.17) is 9.15 Å². The largest absolute Gasteiger partial charge is 0.461 e. The second kappa shape index (κ2) is 9.45. The van der Waals surface area contributed by atoms with E-state index in [1.807, 2.05) is 0 Å². The summed E-state index contributed by atoms with van der Waals surface area (Å²) >= 11 is 1.08. The van der Waals surface area contributed by atoms with Crippen molar-refractivity contribution in [2.24, 2.45) is 0 Å². The average molecular weight is 495 g/mol. The molecule has 0 spiro atoms. The molecule has 1 saturated heterocycles. The number of nitrogens with one attached hydrogen (secondary N) is 1. The summed E-state index contributed by atoms with van der Waals surface area (Å²) in [6, 6.07) is 4.29. The molecule has 1 aromatic carbocycles. The van der Waals surface area contributed by atoms with Gasteiger partial charge in [-0.2, -0.15) is 4.31 Å². The molecule has 2 aromatic heterocycles. The Balaban J connectivity index is 1.44. The van der Waals surface area contributed by atoms with Gasteiger partial charge in [0.2, 0.25) is 15.9 Å². The zero-order valence-electron chi connectivity index (χ0n) is 17.8. The minimum Gasteiger partial charge on any atom is -0.461 e. The van der Waals surface area contributed by atoms with Crippen LogP contribution in [0.2, 0.25) is 0 Å². The number of ether oxygens (including phenoxy) is 1. The molecule has 1 fully saturated rings. The fourth-order valence-electron chi connectivity index (χ4n) is 3.52. The van der Waals surface area contributed by atoms with Crippen LogP contribution in [0.5, 0.6) is 0 Å². The predicted molar refractivity (Wildman–Crippen MR) is 120 cm³/mol. The first-order valence-corrected chi connectivity index (χ1v) is 12.7. The van der Waals surface area contributed by atoms with E-state index in [1.54, 1.807) is 6.92 Å². The van der Waals surface area contributed by atoms with Gasteiger partial charge in [0.1, 0.15) is 0 Å². The summed E-state index contributed by atoms with van der Waals surface area (Å²) in [5, 5.41) is 4.30. The van der Waals surface area contributed by atoms with Crippen LogP contribution in [-0.4, -0.2) is 53.8 Å². The zero-order chi connectivity index (χ0) is 23.6. The molecule has 4 rings (SSSR count). The van der Waals surface area contributed by atoms with Crippen LogP contribution in [0.1, 0.15) is 36.7 Å².